The van der Waals surface area contributed by atoms with Crippen LogP contribution < -0.4 is 10.5 Å². The number of nitrogens with zero attached hydrogens (tertiary/aromatic N) is 3. The standard InChI is InChI=1S/C23H19N3O2S/c1-15-11-17-9-5-6-10-19(17)26(15)21(27)13-25-14-24-22-18(23(25)28)12-20(29-22)16-7-3-2-4-8-16/h2-10,12,14-15H,11,13H2,1H3. The monoisotopic (exact) mass is 401 g/mol. The van der Waals surface area contributed by atoms with Crippen LogP contribution in [0.2, 0.25) is 0 Å². The minimum atomic E-state index is -0.179. The Morgan fingerprint density at radius 3 is 2.72 bits per heavy atom. The fourth-order valence-electron chi connectivity index (χ4n) is 3.98. The summed E-state index contributed by atoms with van der Waals surface area (Å²) in [6, 6.07) is 19.8. The molecule has 2 aromatic heterocycles. The van der Waals surface area contributed by atoms with E-state index in [1.54, 1.807) is 4.90 Å². The molecule has 0 radical (unpaired) electrons. The molecule has 6 heteroatoms. The molecule has 0 fully saturated rings. The van der Waals surface area contributed by atoms with E-state index in [1.807, 2.05) is 61.5 Å². The van der Waals surface area contributed by atoms with E-state index in [-0.39, 0.29) is 24.1 Å². The molecule has 1 aliphatic rings. The van der Waals surface area contributed by atoms with Crippen LogP contribution in [0.4, 0.5) is 5.69 Å². The van der Waals surface area contributed by atoms with Gasteiger partial charge >= 0.3 is 0 Å². The first-order chi connectivity index (χ1) is 14.1. The molecule has 0 N–H and O–H groups in total. The molecule has 1 amide bonds. The zero-order chi connectivity index (χ0) is 20.0. The van der Waals surface area contributed by atoms with Crippen LogP contribution in [-0.4, -0.2) is 21.5 Å². The number of anilines is 1. The van der Waals surface area contributed by atoms with Crippen LogP contribution >= 0.6 is 11.3 Å². The first kappa shape index (κ1) is 17.8. The van der Waals surface area contributed by atoms with Gasteiger partial charge in [-0.3, -0.25) is 14.2 Å². The van der Waals surface area contributed by atoms with Gasteiger partial charge in [-0.05, 0) is 36.6 Å². The minimum absolute atomic E-state index is 0.0169. The van der Waals surface area contributed by atoms with Gasteiger partial charge in [-0.1, -0.05) is 48.5 Å². The predicted octanol–water partition coefficient (Wildman–Crippen LogP) is 4.10. The van der Waals surface area contributed by atoms with Crippen molar-refractivity contribution in [3.8, 4) is 10.4 Å². The Balaban J connectivity index is 1.47. The van der Waals surface area contributed by atoms with Crippen molar-refractivity contribution >= 4 is 33.1 Å². The molecule has 29 heavy (non-hydrogen) atoms. The van der Waals surface area contributed by atoms with Crippen LogP contribution in [0.25, 0.3) is 20.7 Å². The fourth-order valence-corrected chi connectivity index (χ4v) is 4.98. The summed E-state index contributed by atoms with van der Waals surface area (Å²) in [4.78, 5) is 34.0. The Bertz CT molecular complexity index is 1280. The zero-order valence-corrected chi connectivity index (χ0v) is 16.7. The van der Waals surface area contributed by atoms with E-state index in [0.29, 0.717) is 10.2 Å². The Hall–Kier alpha value is -3.25. The van der Waals surface area contributed by atoms with Gasteiger partial charge in [0.2, 0.25) is 5.91 Å². The van der Waals surface area contributed by atoms with Gasteiger partial charge in [0.1, 0.15) is 11.4 Å². The van der Waals surface area contributed by atoms with Crippen LogP contribution in [0.15, 0.2) is 71.8 Å². The molecule has 2 aromatic carbocycles. The van der Waals surface area contributed by atoms with Crippen LogP contribution in [0.3, 0.4) is 0 Å². The first-order valence-corrected chi connectivity index (χ1v) is 10.4. The van der Waals surface area contributed by atoms with E-state index in [9.17, 15) is 9.59 Å². The van der Waals surface area contributed by atoms with Crippen molar-refractivity contribution in [3.05, 3.63) is 82.9 Å². The lowest BCUT2D eigenvalue weighted by molar-refractivity contribution is -0.119. The van der Waals surface area contributed by atoms with E-state index < -0.39 is 0 Å². The highest BCUT2D eigenvalue weighted by Crippen LogP contribution is 2.32. The van der Waals surface area contributed by atoms with Crippen molar-refractivity contribution in [3.63, 3.8) is 0 Å². The predicted molar refractivity (Wildman–Crippen MR) is 116 cm³/mol. The number of carbonyl (C=O) groups excluding carboxylic acids is 1. The molecule has 0 saturated carbocycles. The van der Waals surface area contributed by atoms with E-state index >= 15 is 0 Å². The van der Waals surface area contributed by atoms with E-state index in [2.05, 4.69) is 11.1 Å². The molecule has 1 unspecified atom stereocenters. The van der Waals surface area contributed by atoms with Gasteiger partial charge < -0.3 is 4.90 Å². The Morgan fingerprint density at radius 2 is 1.90 bits per heavy atom. The van der Waals surface area contributed by atoms with Crippen molar-refractivity contribution in [2.75, 3.05) is 4.90 Å². The maximum absolute atomic E-state index is 13.0. The van der Waals surface area contributed by atoms with Gasteiger partial charge in [-0.2, -0.15) is 0 Å². The highest BCUT2D eigenvalue weighted by molar-refractivity contribution is 7.21. The summed E-state index contributed by atoms with van der Waals surface area (Å²) in [6.07, 6.45) is 2.32. The molecule has 5 nitrogen and oxygen atoms in total. The van der Waals surface area contributed by atoms with Crippen molar-refractivity contribution in [2.24, 2.45) is 0 Å². The molecule has 1 aliphatic heterocycles. The largest absolute Gasteiger partial charge is 0.307 e. The van der Waals surface area contributed by atoms with Gasteiger partial charge in [0, 0.05) is 16.6 Å². The topological polar surface area (TPSA) is 55.2 Å². The average Bonchev–Trinajstić information content (AvgIpc) is 3.31. The highest BCUT2D eigenvalue weighted by atomic mass is 32.1. The summed E-state index contributed by atoms with van der Waals surface area (Å²) in [5, 5.41) is 0.555. The Kier molecular flexibility index (Phi) is 4.28. The van der Waals surface area contributed by atoms with Gasteiger partial charge in [-0.25, -0.2) is 4.98 Å². The maximum atomic E-state index is 13.0. The second-order valence-electron chi connectivity index (χ2n) is 7.32. The molecule has 5 rings (SSSR count). The Morgan fingerprint density at radius 1 is 1.14 bits per heavy atom. The van der Waals surface area contributed by atoms with Crippen molar-refractivity contribution in [1.29, 1.82) is 0 Å². The maximum Gasteiger partial charge on any atom is 0.262 e. The number of benzene rings is 2. The molecule has 0 bridgehead atoms. The number of thiophene rings is 1. The molecular weight excluding hydrogens is 382 g/mol. The van der Waals surface area contributed by atoms with Gasteiger partial charge in [0.15, 0.2) is 0 Å². The second-order valence-corrected chi connectivity index (χ2v) is 8.35. The summed E-state index contributed by atoms with van der Waals surface area (Å²) in [6.45, 7) is 2.02. The van der Waals surface area contributed by atoms with Gasteiger partial charge in [0.05, 0.1) is 11.7 Å². The summed E-state index contributed by atoms with van der Waals surface area (Å²) in [5.41, 5.74) is 2.98. The zero-order valence-electron chi connectivity index (χ0n) is 15.9. The smallest absolute Gasteiger partial charge is 0.262 e. The van der Waals surface area contributed by atoms with Crippen molar-refractivity contribution in [2.45, 2.75) is 25.9 Å². The molecular formula is C23H19N3O2S. The number of hydrogen-bond acceptors (Lipinski definition) is 4. The number of aromatic nitrogens is 2. The summed E-state index contributed by atoms with van der Waals surface area (Å²) >= 11 is 1.49. The van der Waals surface area contributed by atoms with Gasteiger partial charge in [-0.15, -0.1) is 11.3 Å². The fraction of sp³-hybridized carbons (Fsp3) is 0.174. The summed E-state index contributed by atoms with van der Waals surface area (Å²) in [7, 11) is 0. The average molecular weight is 401 g/mol. The number of carbonyl (C=O) groups is 1. The molecule has 0 saturated heterocycles. The summed E-state index contributed by atoms with van der Waals surface area (Å²) < 4.78 is 1.42. The Labute approximate surface area is 171 Å². The first-order valence-electron chi connectivity index (χ1n) is 9.56. The lowest BCUT2D eigenvalue weighted by Gasteiger charge is -2.23. The molecule has 4 aromatic rings. The van der Waals surface area contributed by atoms with Crippen LogP contribution in [-0.2, 0) is 17.8 Å². The number of amides is 1. The lowest BCUT2D eigenvalue weighted by Crippen LogP contribution is -2.39. The van der Waals surface area contributed by atoms with Crippen molar-refractivity contribution < 1.29 is 4.79 Å². The third-order valence-electron chi connectivity index (χ3n) is 5.36. The quantitative estimate of drug-likeness (QED) is 0.519. The third-order valence-corrected chi connectivity index (χ3v) is 6.45. The van der Waals surface area contributed by atoms with Crippen molar-refractivity contribution in [1.82, 2.24) is 9.55 Å². The van der Waals surface area contributed by atoms with E-state index in [1.165, 1.54) is 27.8 Å². The van der Waals surface area contributed by atoms with Gasteiger partial charge in [0.25, 0.3) is 5.56 Å². The number of para-hydroxylation sites is 1. The molecule has 0 spiro atoms. The minimum Gasteiger partial charge on any atom is -0.307 e. The lowest BCUT2D eigenvalue weighted by atomic mass is 10.1. The number of rotatable bonds is 3. The van der Waals surface area contributed by atoms with E-state index in [4.69, 9.17) is 0 Å². The second kappa shape index (κ2) is 6.97. The normalized spacial score (nSPS) is 15.6. The molecule has 1 atom stereocenters. The van der Waals surface area contributed by atoms with Crippen LogP contribution in [0.5, 0.6) is 0 Å². The molecule has 0 aliphatic carbocycles. The third kappa shape index (κ3) is 3.06. The number of hydrogen-bond donors (Lipinski definition) is 0. The summed E-state index contributed by atoms with van der Waals surface area (Å²) in [5.74, 6) is -0.0933. The SMILES string of the molecule is CC1Cc2ccccc2N1C(=O)Cn1cnc2sc(-c3ccccc3)cc2c1=O. The number of fused-ring (bicyclic) bond motifs is 2. The molecule has 3 heterocycles. The van der Waals surface area contributed by atoms with E-state index in [0.717, 1.165) is 22.5 Å². The molecule has 144 valence electrons. The van der Waals surface area contributed by atoms with Crippen LogP contribution in [0, 0.1) is 0 Å². The highest BCUT2D eigenvalue weighted by Gasteiger charge is 2.30. The van der Waals surface area contributed by atoms with Crippen LogP contribution in [0.1, 0.15) is 12.5 Å².